The Bertz CT molecular complexity index is 1760. The van der Waals surface area contributed by atoms with Gasteiger partial charge in [0.1, 0.15) is 16.7 Å². The van der Waals surface area contributed by atoms with E-state index < -0.39 is 0 Å². The van der Waals surface area contributed by atoms with Crippen molar-refractivity contribution in [3.8, 4) is 33.3 Å². The van der Waals surface area contributed by atoms with Gasteiger partial charge in [-0.1, -0.05) is 12.8 Å². The Morgan fingerprint density at radius 1 is 0.974 bits per heavy atom. The summed E-state index contributed by atoms with van der Waals surface area (Å²) in [6.07, 6.45) is 10.8. The van der Waals surface area contributed by atoms with Crippen LogP contribution in [-0.2, 0) is 0 Å². The lowest BCUT2D eigenvalue weighted by Gasteiger charge is -2.21. The lowest BCUT2D eigenvalue weighted by atomic mass is 9.99. The first-order chi connectivity index (χ1) is 18.6. The predicted octanol–water partition coefficient (Wildman–Crippen LogP) is 6.99. The molecule has 1 aliphatic carbocycles. The van der Waals surface area contributed by atoms with Gasteiger partial charge in [0.05, 0.1) is 27.3 Å². The highest BCUT2D eigenvalue weighted by Gasteiger charge is 2.22. The van der Waals surface area contributed by atoms with Crippen LogP contribution in [0.1, 0.15) is 37.5 Å². The second kappa shape index (κ2) is 9.33. The summed E-state index contributed by atoms with van der Waals surface area (Å²) in [5.74, 6) is 1.39. The van der Waals surface area contributed by atoms with Gasteiger partial charge in [-0.3, -0.25) is 15.1 Å². The van der Waals surface area contributed by atoms with Crippen molar-refractivity contribution in [3.63, 3.8) is 0 Å². The van der Waals surface area contributed by atoms with Gasteiger partial charge in [0, 0.05) is 35.1 Å². The van der Waals surface area contributed by atoms with Crippen LogP contribution in [0.2, 0.25) is 0 Å². The van der Waals surface area contributed by atoms with Gasteiger partial charge < -0.3 is 10.3 Å². The number of anilines is 1. The molecular formula is C29H28N8S. The summed E-state index contributed by atoms with van der Waals surface area (Å²) in [5.41, 5.74) is 7.76. The van der Waals surface area contributed by atoms with E-state index >= 15 is 0 Å². The number of rotatable bonds is 6. The van der Waals surface area contributed by atoms with Crippen molar-refractivity contribution in [2.45, 2.75) is 45.6 Å². The summed E-state index contributed by atoms with van der Waals surface area (Å²) in [5, 5.41) is 11.4. The molecule has 6 aromatic rings. The lowest BCUT2D eigenvalue weighted by molar-refractivity contribution is 0.482. The van der Waals surface area contributed by atoms with Crippen molar-refractivity contribution in [3.05, 3.63) is 59.9 Å². The molecule has 0 radical (unpaired) electrons. The van der Waals surface area contributed by atoms with Crippen molar-refractivity contribution in [2.75, 3.05) is 5.32 Å². The summed E-state index contributed by atoms with van der Waals surface area (Å²) in [6.45, 7) is 4.37. The molecule has 1 atom stereocenters. The van der Waals surface area contributed by atoms with Gasteiger partial charge in [-0.05, 0) is 69.0 Å². The number of H-pyrrole nitrogens is 2. The minimum atomic E-state index is 0.427. The third kappa shape index (κ3) is 4.12. The van der Waals surface area contributed by atoms with Crippen molar-refractivity contribution in [1.29, 1.82) is 0 Å². The molecule has 6 aromatic heterocycles. The van der Waals surface area contributed by atoms with Crippen LogP contribution in [0.15, 0.2) is 55.0 Å². The first kappa shape index (κ1) is 23.0. The number of nitrogens with one attached hydrogen (secondary N) is 3. The van der Waals surface area contributed by atoms with E-state index in [1.165, 1.54) is 30.6 Å². The van der Waals surface area contributed by atoms with E-state index in [0.29, 0.717) is 17.6 Å². The van der Waals surface area contributed by atoms with Crippen LogP contribution in [0.25, 0.3) is 55.4 Å². The van der Waals surface area contributed by atoms with Crippen molar-refractivity contribution in [1.82, 2.24) is 35.1 Å². The Kier molecular flexibility index (Phi) is 5.65. The first-order valence-corrected chi connectivity index (χ1v) is 13.9. The van der Waals surface area contributed by atoms with Crippen LogP contribution in [0.3, 0.4) is 0 Å². The van der Waals surface area contributed by atoms with Crippen LogP contribution in [-0.4, -0.2) is 41.2 Å². The third-order valence-electron chi connectivity index (χ3n) is 7.54. The molecule has 3 N–H and O–H groups in total. The number of nitrogens with zero attached hydrogens (tertiary/aromatic N) is 5. The van der Waals surface area contributed by atoms with Crippen LogP contribution < -0.4 is 5.32 Å². The number of thiophene rings is 1. The minimum absolute atomic E-state index is 0.427. The average Bonchev–Trinajstić information content (AvgIpc) is 3.74. The van der Waals surface area contributed by atoms with E-state index in [4.69, 9.17) is 9.97 Å². The fourth-order valence-electron chi connectivity index (χ4n) is 5.51. The average molecular weight is 521 g/mol. The first-order valence-electron chi connectivity index (χ1n) is 13.1. The zero-order chi connectivity index (χ0) is 25.6. The third-order valence-corrected chi connectivity index (χ3v) is 8.55. The molecule has 0 amide bonds. The predicted molar refractivity (Wildman–Crippen MR) is 153 cm³/mol. The zero-order valence-electron chi connectivity index (χ0n) is 21.3. The number of pyridine rings is 3. The summed E-state index contributed by atoms with van der Waals surface area (Å²) in [7, 11) is 0. The summed E-state index contributed by atoms with van der Waals surface area (Å²) in [4.78, 5) is 24.8. The van der Waals surface area contributed by atoms with Crippen LogP contribution in [0, 0.1) is 12.8 Å². The lowest BCUT2D eigenvalue weighted by Crippen LogP contribution is -2.23. The highest BCUT2D eigenvalue weighted by molar-refractivity contribution is 7.15. The number of imidazole rings is 1. The second-order valence-corrected chi connectivity index (χ2v) is 11.4. The van der Waals surface area contributed by atoms with Gasteiger partial charge in [-0.25, -0.2) is 9.97 Å². The molecule has 0 saturated heterocycles. The molecule has 1 fully saturated rings. The zero-order valence-corrected chi connectivity index (χ0v) is 22.1. The number of fused-ring (bicyclic) bond motifs is 2. The molecule has 1 saturated carbocycles. The SMILES string of the molecule is Cc1ccc(-c2nccc3[nH]c(-c4n[nH]c5ccc(-c6cncc(NC(C)C7CCCC7)c6)nc45)nc23)s1. The molecule has 0 spiro atoms. The molecular weight excluding hydrogens is 492 g/mol. The smallest absolute Gasteiger partial charge is 0.161 e. The maximum atomic E-state index is 5.00. The van der Waals surface area contributed by atoms with Crippen LogP contribution in [0.5, 0.6) is 0 Å². The highest BCUT2D eigenvalue weighted by Crippen LogP contribution is 2.34. The highest BCUT2D eigenvalue weighted by atomic mass is 32.1. The van der Waals surface area contributed by atoms with E-state index in [1.54, 1.807) is 11.3 Å². The maximum absolute atomic E-state index is 5.00. The van der Waals surface area contributed by atoms with Crippen molar-refractivity contribution >= 4 is 39.1 Å². The molecule has 1 unspecified atom stereocenters. The summed E-state index contributed by atoms with van der Waals surface area (Å²) >= 11 is 1.71. The van der Waals surface area contributed by atoms with E-state index in [9.17, 15) is 0 Å². The minimum Gasteiger partial charge on any atom is -0.381 e. The number of hydrogen-bond acceptors (Lipinski definition) is 7. The topological polar surface area (TPSA) is 108 Å². The Hall–Kier alpha value is -4.11. The summed E-state index contributed by atoms with van der Waals surface area (Å²) in [6, 6.07) is 12.7. The number of aryl methyl sites for hydroxylation is 1. The van der Waals surface area contributed by atoms with Gasteiger partial charge in [0.15, 0.2) is 11.5 Å². The van der Waals surface area contributed by atoms with E-state index in [0.717, 1.165) is 55.5 Å². The van der Waals surface area contributed by atoms with E-state index in [2.05, 4.69) is 62.5 Å². The van der Waals surface area contributed by atoms with Gasteiger partial charge in [0.25, 0.3) is 0 Å². The largest absolute Gasteiger partial charge is 0.381 e. The molecule has 38 heavy (non-hydrogen) atoms. The molecule has 0 aromatic carbocycles. The van der Waals surface area contributed by atoms with E-state index in [-0.39, 0.29) is 0 Å². The molecule has 9 heteroatoms. The monoisotopic (exact) mass is 520 g/mol. The standard InChI is InChI=1S/C29H28N8S/c1-16-7-10-24(38-16)27-25-22(11-12-31-27)34-29(35-25)28-26-23(36-37-28)9-8-21(33-26)19-13-20(15-30-14-19)32-17(2)18-5-3-4-6-18/h7-15,17-18,32H,3-6H2,1-2H3,(H,34,35)(H,36,37). The Labute approximate surface area is 224 Å². The van der Waals surface area contributed by atoms with Crippen LogP contribution >= 0.6 is 11.3 Å². The number of aromatic nitrogens is 7. The van der Waals surface area contributed by atoms with Gasteiger partial charge >= 0.3 is 0 Å². The molecule has 0 aliphatic heterocycles. The maximum Gasteiger partial charge on any atom is 0.161 e. The Morgan fingerprint density at radius 2 is 1.84 bits per heavy atom. The molecule has 1 aliphatic rings. The summed E-state index contributed by atoms with van der Waals surface area (Å²) < 4.78 is 0. The Morgan fingerprint density at radius 3 is 2.68 bits per heavy atom. The molecule has 190 valence electrons. The number of hydrogen-bond donors (Lipinski definition) is 3. The van der Waals surface area contributed by atoms with E-state index in [1.807, 2.05) is 36.8 Å². The van der Waals surface area contributed by atoms with Crippen molar-refractivity contribution < 1.29 is 0 Å². The fourth-order valence-corrected chi connectivity index (χ4v) is 6.38. The fraction of sp³-hybridized carbons (Fsp3) is 0.276. The molecule has 7 rings (SSSR count). The number of aromatic amines is 2. The normalized spacial score (nSPS) is 15.0. The second-order valence-electron chi connectivity index (χ2n) is 10.2. The van der Waals surface area contributed by atoms with Gasteiger partial charge in [-0.2, -0.15) is 5.10 Å². The van der Waals surface area contributed by atoms with Gasteiger partial charge in [0.2, 0.25) is 0 Å². The molecule has 6 heterocycles. The van der Waals surface area contributed by atoms with Crippen LogP contribution in [0.4, 0.5) is 5.69 Å². The Balaban J connectivity index is 1.24. The quantitative estimate of drug-likeness (QED) is 0.218. The van der Waals surface area contributed by atoms with Crippen molar-refractivity contribution in [2.24, 2.45) is 5.92 Å². The molecule has 0 bridgehead atoms. The molecule has 8 nitrogen and oxygen atoms in total. The van der Waals surface area contributed by atoms with Gasteiger partial charge in [-0.15, -0.1) is 11.3 Å².